The topological polar surface area (TPSA) is 49.4 Å². The van der Waals surface area contributed by atoms with E-state index in [2.05, 4.69) is 5.32 Å². The van der Waals surface area contributed by atoms with Gasteiger partial charge in [0.15, 0.2) is 0 Å². The number of benzene rings is 2. The molecule has 0 fully saturated rings. The molecular formula is C22H26Cl2N2O2S. The number of nitrogens with zero attached hydrogens (tertiary/aromatic N) is 1. The number of amides is 2. The first-order valence-corrected chi connectivity index (χ1v) is 11.5. The maximum absolute atomic E-state index is 13.0. The van der Waals surface area contributed by atoms with E-state index in [0.717, 1.165) is 17.5 Å². The standard InChI is InChI=1S/C22H26Cl2N2O2S/c1-3-11-25-22(28)16(2)26(13-17-7-9-19(23)10-8-17)21(27)15-29-14-18-5-4-6-20(24)12-18/h4-10,12,16H,3,11,13-15H2,1-2H3,(H,25,28). The summed E-state index contributed by atoms with van der Waals surface area (Å²) in [6.45, 7) is 4.71. The number of carbonyl (C=O) groups excluding carboxylic acids is 2. The molecule has 0 saturated heterocycles. The highest BCUT2D eigenvalue weighted by Crippen LogP contribution is 2.19. The molecule has 0 aromatic heterocycles. The van der Waals surface area contributed by atoms with E-state index in [4.69, 9.17) is 23.2 Å². The van der Waals surface area contributed by atoms with Crippen LogP contribution < -0.4 is 5.32 Å². The van der Waals surface area contributed by atoms with Crippen LogP contribution in [0.2, 0.25) is 10.0 Å². The summed E-state index contributed by atoms with van der Waals surface area (Å²) in [6, 6.07) is 14.4. The van der Waals surface area contributed by atoms with E-state index in [-0.39, 0.29) is 17.6 Å². The smallest absolute Gasteiger partial charge is 0.242 e. The third-order valence-electron chi connectivity index (χ3n) is 4.37. The molecule has 2 amide bonds. The number of hydrogen-bond donors (Lipinski definition) is 1. The number of rotatable bonds is 10. The van der Waals surface area contributed by atoms with Gasteiger partial charge in [-0.05, 0) is 48.7 Å². The van der Waals surface area contributed by atoms with Gasteiger partial charge in [0.25, 0.3) is 0 Å². The monoisotopic (exact) mass is 452 g/mol. The van der Waals surface area contributed by atoms with Gasteiger partial charge in [0.05, 0.1) is 5.75 Å². The summed E-state index contributed by atoms with van der Waals surface area (Å²) in [6.07, 6.45) is 0.846. The molecule has 7 heteroatoms. The predicted octanol–water partition coefficient (Wildman–Crippen LogP) is 5.17. The van der Waals surface area contributed by atoms with Crippen molar-refractivity contribution in [1.29, 1.82) is 0 Å². The van der Waals surface area contributed by atoms with Gasteiger partial charge in [0.2, 0.25) is 11.8 Å². The van der Waals surface area contributed by atoms with Crippen molar-refractivity contribution in [2.24, 2.45) is 0 Å². The first-order chi connectivity index (χ1) is 13.9. The minimum atomic E-state index is -0.559. The summed E-state index contributed by atoms with van der Waals surface area (Å²) < 4.78 is 0. The van der Waals surface area contributed by atoms with E-state index in [0.29, 0.717) is 28.9 Å². The molecule has 0 spiro atoms. The Morgan fingerprint density at radius 3 is 2.45 bits per heavy atom. The van der Waals surface area contributed by atoms with Gasteiger partial charge < -0.3 is 10.2 Å². The Hall–Kier alpha value is -1.69. The summed E-state index contributed by atoms with van der Waals surface area (Å²) in [5, 5.41) is 4.19. The number of thioether (sulfide) groups is 1. The molecule has 1 unspecified atom stereocenters. The van der Waals surface area contributed by atoms with Gasteiger partial charge in [-0.15, -0.1) is 11.8 Å². The zero-order chi connectivity index (χ0) is 21.2. The van der Waals surface area contributed by atoms with Crippen molar-refractivity contribution in [3.63, 3.8) is 0 Å². The van der Waals surface area contributed by atoms with Gasteiger partial charge in [-0.2, -0.15) is 0 Å². The highest BCUT2D eigenvalue weighted by Gasteiger charge is 2.25. The average Bonchev–Trinajstić information content (AvgIpc) is 2.71. The molecule has 2 rings (SSSR count). The molecule has 2 aromatic rings. The molecule has 0 radical (unpaired) electrons. The van der Waals surface area contributed by atoms with Crippen LogP contribution in [0.4, 0.5) is 0 Å². The van der Waals surface area contributed by atoms with E-state index in [1.807, 2.05) is 43.3 Å². The largest absolute Gasteiger partial charge is 0.354 e. The molecular weight excluding hydrogens is 427 g/mol. The van der Waals surface area contributed by atoms with Crippen LogP contribution in [0, 0.1) is 0 Å². The van der Waals surface area contributed by atoms with E-state index in [1.165, 1.54) is 11.8 Å². The highest BCUT2D eigenvalue weighted by molar-refractivity contribution is 7.99. The Kier molecular flexibility index (Phi) is 9.85. The minimum absolute atomic E-state index is 0.0777. The van der Waals surface area contributed by atoms with Crippen LogP contribution in [0.1, 0.15) is 31.4 Å². The first kappa shape index (κ1) is 23.6. The van der Waals surface area contributed by atoms with Crippen LogP contribution >= 0.6 is 35.0 Å². The lowest BCUT2D eigenvalue weighted by molar-refractivity contribution is -0.138. The van der Waals surface area contributed by atoms with E-state index >= 15 is 0 Å². The second-order valence-electron chi connectivity index (χ2n) is 6.74. The fraction of sp³-hybridized carbons (Fsp3) is 0.364. The van der Waals surface area contributed by atoms with Crippen molar-refractivity contribution in [3.05, 3.63) is 69.7 Å². The van der Waals surface area contributed by atoms with Crippen LogP contribution in [0.5, 0.6) is 0 Å². The Balaban J connectivity index is 2.04. The maximum atomic E-state index is 13.0. The summed E-state index contributed by atoms with van der Waals surface area (Å²) in [7, 11) is 0. The number of nitrogens with one attached hydrogen (secondary N) is 1. The van der Waals surface area contributed by atoms with Crippen LogP contribution in [0.15, 0.2) is 48.5 Å². The molecule has 0 heterocycles. The zero-order valence-corrected chi connectivity index (χ0v) is 19.0. The van der Waals surface area contributed by atoms with Gasteiger partial charge in [0, 0.05) is 28.9 Å². The SMILES string of the molecule is CCCNC(=O)C(C)N(Cc1ccc(Cl)cc1)C(=O)CSCc1cccc(Cl)c1. The van der Waals surface area contributed by atoms with E-state index in [9.17, 15) is 9.59 Å². The Morgan fingerprint density at radius 2 is 1.79 bits per heavy atom. The van der Waals surface area contributed by atoms with Gasteiger partial charge in [-0.3, -0.25) is 9.59 Å². The molecule has 0 bridgehead atoms. The third-order valence-corrected chi connectivity index (χ3v) is 5.84. The Morgan fingerprint density at radius 1 is 1.07 bits per heavy atom. The van der Waals surface area contributed by atoms with Crippen LogP contribution in [-0.4, -0.2) is 35.1 Å². The molecule has 4 nitrogen and oxygen atoms in total. The molecule has 2 aromatic carbocycles. The first-order valence-electron chi connectivity index (χ1n) is 9.54. The lowest BCUT2D eigenvalue weighted by Gasteiger charge is -2.28. The van der Waals surface area contributed by atoms with Crippen molar-refractivity contribution in [2.45, 2.75) is 38.6 Å². The van der Waals surface area contributed by atoms with Crippen molar-refractivity contribution in [1.82, 2.24) is 10.2 Å². The summed E-state index contributed by atoms with van der Waals surface area (Å²) >= 11 is 13.5. The fourth-order valence-corrected chi connectivity index (χ4v) is 3.93. The minimum Gasteiger partial charge on any atom is -0.354 e. The highest BCUT2D eigenvalue weighted by atomic mass is 35.5. The summed E-state index contributed by atoms with van der Waals surface area (Å²) in [5.41, 5.74) is 1.99. The van der Waals surface area contributed by atoms with Gasteiger partial charge in [-0.25, -0.2) is 0 Å². The normalized spacial score (nSPS) is 11.7. The fourth-order valence-electron chi connectivity index (χ4n) is 2.73. The number of carbonyl (C=O) groups is 2. The van der Waals surface area contributed by atoms with Gasteiger partial charge in [-0.1, -0.05) is 54.4 Å². The second-order valence-corrected chi connectivity index (χ2v) is 8.60. The second kappa shape index (κ2) is 12.1. The number of hydrogen-bond acceptors (Lipinski definition) is 3. The van der Waals surface area contributed by atoms with Crippen molar-refractivity contribution in [2.75, 3.05) is 12.3 Å². The van der Waals surface area contributed by atoms with Crippen molar-refractivity contribution >= 4 is 46.8 Å². The Bertz CT molecular complexity index is 815. The van der Waals surface area contributed by atoms with Crippen LogP contribution in [0.3, 0.4) is 0 Å². The van der Waals surface area contributed by atoms with Crippen LogP contribution in [-0.2, 0) is 21.9 Å². The summed E-state index contributed by atoms with van der Waals surface area (Å²) in [5.74, 6) is 0.739. The van der Waals surface area contributed by atoms with E-state index in [1.54, 1.807) is 24.0 Å². The van der Waals surface area contributed by atoms with Gasteiger partial charge in [0.1, 0.15) is 6.04 Å². The third kappa shape index (κ3) is 7.92. The molecule has 156 valence electrons. The molecule has 0 aliphatic heterocycles. The van der Waals surface area contributed by atoms with E-state index < -0.39 is 6.04 Å². The van der Waals surface area contributed by atoms with Crippen molar-refractivity contribution in [3.8, 4) is 0 Å². The molecule has 29 heavy (non-hydrogen) atoms. The molecule has 1 atom stereocenters. The average molecular weight is 453 g/mol. The quantitative estimate of drug-likeness (QED) is 0.540. The predicted molar refractivity (Wildman–Crippen MR) is 122 cm³/mol. The molecule has 1 N–H and O–H groups in total. The molecule has 0 saturated carbocycles. The summed E-state index contributed by atoms with van der Waals surface area (Å²) in [4.78, 5) is 27.1. The number of halogens is 2. The Labute approximate surface area is 187 Å². The lowest BCUT2D eigenvalue weighted by Crippen LogP contribution is -2.48. The molecule has 0 aliphatic carbocycles. The zero-order valence-electron chi connectivity index (χ0n) is 16.7. The molecule has 0 aliphatic rings. The van der Waals surface area contributed by atoms with Crippen molar-refractivity contribution < 1.29 is 9.59 Å². The van der Waals surface area contributed by atoms with Gasteiger partial charge >= 0.3 is 0 Å². The lowest BCUT2D eigenvalue weighted by atomic mass is 10.1. The maximum Gasteiger partial charge on any atom is 0.242 e. The van der Waals surface area contributed by atoms with Crippen LogP contribution in [0.25, 0.3) is 0 Å².